The van der Waals surface area contributed by atoms with Gasteiger partial charge >= 0.3 is 0 Å². The standard InChI is InChI=1S/C23H24FN3O2/c1-26(2)14-5-6-20(28)16-29-17-21-22(27-15-4-3-7-23(27)25-21)13-10-18-8-11-19(24)12-9-18/h3-4,7-9,11-12,15H,5-6,14,16-17H2,1-2H3. The van der Waals surface area contributed by atoms with Crippen molar-refractivity contribution in [3.63, 3.8) is 0 Å². The van der Waals surface area contributed by atoms with Crippen molar-refractivity contribution in [3.8, 4) is 11.8 Å². The monoisotopic (exact) mass is 393 g/mol. The second kappa shape index (κ2) is 9.97. The zero-order valence-electron chi connectivity index (χ0n) is 16.7. The maximum Gasteiger partial charge on any atom is 0.158 e. The van der Waals surface area contributed by atoms with E-state index in [4.69, 9.17) is 4.74 Å². The van der Waals surface area contributed by atoms with Gasteiger partial charge < -0.3 is 9.64 Å². The highest BCUT2D eigenvalue weighted by atomic mass is 19.1. The third-order valence-corrected chi connectivity index (χ3v) is 4.33. The number of ether oxygens (including phenoxy) is 1. The molecule has 2 aromatic heterocycles. The number of fused-ring (bicyclic) bond motifs is 1. The minimum Gasteiger partial charge on any atom is -0.367 e. The summed E-state index contributed by atoms with van der Waals surface area (Å²) in [6.07, 6.45) is 3.20. The molecule has 3 aromatic rings. The van der Waals surface area contributed by atoms with Crippen molar-refractivity contribution in [2.24, 2.45) is 0 Å². The Kier molecular flexibility index (Phi) is 7.12. The van der Waals surface area contributed by atoms with Crippen LogP contribution in [0.25, 0.3) is 5.65 Å². The van der Waals surface area contributed by atoms with Crippen LogP contribution in [0.3, 0.4) is 0 Å². The van der Waals surface area contributed by atoms with Crippen LogP contribution < -0.4 is 0 Å². The first-order valence-electron chi connectivity index (χ1n) is 9.50. The number of hydrogen-bond donors (Lipinski definition) is 0. The molecule has 0 unspecified atom stereocenters. The van der Waals surface area contributed by atoms with Crippen LogP contribution in [0.5, 0.6) is 0 Å². The predicted molar refractivity (Wildman–Crippen MR) is 110 cm³/mol. The lowest BCUT2D eigenvalue weighted by molar-refractivity contribution is -0.124. The molecule has 2 heterocycles. The van der Waals surface area contributed by atoms with Crippen molar-refractivity contribution in [1.29, 1.82) is 0 Å². The van der Waals surface area contributed by atoms with E-state index in [-0.39, 0.29) is 24.8 Å². The molecule has 0 N–H and O–H groups in total. The van der Waals surface area contributed by atoms with Crippen LogP contribution in [0.15, 0.2) is 48.7 Å². The van der Waals surface area contributed by atoms with Gasteiger partial charge in [-0.15, -0.1) is 0 Å². The highest BCUT2D eigenvalue weighted by Gasteiger charge is 2.11. The van der Waals surface area contributed by atoms with Crippen LogP contribution >= 0.6 is 0 Å². The molecule has 0 spiro atoms. The van der Waals surface area contributed by atoms with Crippen molar-refractivity contribution in [2.75, 3.05) is 27.2 Å². The van der Waals surface area contributed by atoms with E-state index in [2.05, 4.69) is 21.7 Å². The number of Topliss-reactive ketones (excluding diaryl/α,β-unsaturated/α-hetero) is 1. The number of benzene rings is 1. The fraction of sp³-hybridized carbons (Fsp3) is 0.304. The molecule has 0 atom stereocenters. The van der Waals surface area contributed by atoms with Gasteiger partial charge in [0.1, 0.15) is 29.5 Å². The Bertz CT molecular complexity index is 1030. The van der Waals surface area contributed by atoms with E-state index in [9.17, 15) is 9.18 Å². The molecule has 1 aromatic carbocycles. The summed E-state index contributed by atoms with van der Waals surface area (Å²) in [4.78, 5) is 18.6. The molecule has 6 heteroatoms. The average molecular weight is 393 g/mol. The number of carbonyl (C=O) groups is 1. The highest BCUT2D eigenvalue weighted by Crippen LogP contribution is 2.13. The van der Waals surface area contributed by atoms with Gasteiger partial charge in [0.15, 0.2) is 5.78 Å². The summed E-state index contributed by atoms with van der Waals surface area (Å²) in [7, 11) is 3.97. The van der Waals surface area contributed by atoms with E-state index in [1.807, 2.05) is 42.9 Å². The van der Waals surface area contributed by atoms with Crippen molar-refractivity contribution in [3.05, 3.63) is 71.4 Å². The molecule has 0 radical (unpaired) electrons. The summed E-state index contributed by atoms with van der Waals surface area (Å²) in [6.45, 7) is 1.14. The van der Waals surface area contributed by atoms with Gasteiger partial charge in [0.25, 0.3) is 0 Å². The zero-order valence-corrected chi connectivity index (χ0v) is 16.7. The van der Waals surface area contributed by atoms with Crippen LogP contribution in [0, 0.1) is 17.7 Å². The van der Waals surface area contributed by atoms with Gasteiger partial charge in [-0.1, -0.05) is 12.0 Å². The molecule has 0 bridgehead atoms. The molecule has 0 saturated carbocycles. The Hall–Kier alpha value is -3.01. The maximum absolute atomic E-state index is 13.1. The molecule has 0 aliphatic rings. The number of halogens is 1. The number of rotatable bonds is 8. The molecule has 0 fully saturated rings. The SMILES string of the molecule is CN(C)CCCC(=O)COCc1nc2ccccn2c1C#Cc1ccc(F)cc1. The Labute approximate surface area is 170 Å². The van der Waals surface area contributed by atoms with Crippen molar-refractivity contribution >= 4 is 11.4 Å². The van der Waals surface area contributed by atoms with E-state index in [1.165, 1.54) is 12.1 Å². The maximum atomic E-state index is 13.1. The fourth-order valence-electron chi connectivity index (χ4n) is 2.87. The average Bonchev–Trinajstić information content (AvgIpc) is 3.05. The summed E-state index contributed by atoms with van der Waals surface area (Å²) >= 11 is 0. The Morgan fingerprint density at radius 1 is 1.17 bits per heavy atom. The summed E-state index contributed by atoms with van der Waals surface area (Å²) < 4.78 is 20.6. The third-order valence-electron chi connectivity index (χ3n) is 4.33. The number of carbonyl (C=O) groups excluding carboxylic acids is 1. The van der Waals surface area contributed by atoms with Crippen molar-refractivity contribution in [1.82, 2.24) is 14.3 Å². The Morgan fingerprint density at radius 3 is 2.72 bits per heavy atom. The molecule has 29 heavy (non-hydrogen) atoms. The molecule has 3 rings (SSSR count). The van der Waals surface area contributed by atoms with Crippen molar-refractivity contribution in [2.45, 2.75) is 19.4 Å². The number of ketones is 1. The molecule has 150 valence electrons. The van der Waals surface area contributed by atoms with E-state index in [1.54, 1.807) is 12.1 Å². The third kappa shape index (κ3) is 5.98. The summed E-state index contributed by atoms with van der Waals surface area (Å²) in [5, 5.41) is 0. The van der Waals surface area contributed by atoms with Gasteiger partial charge in [0.05, 0.1) is 6.61 Å². The minimum absolute atomic E-state index is 0.0616. The van der Waals surface area contributed by atoms with Crippen molar-refractivity contribution < 1.29 is 13.9 Å². The molecule has 0 aliphatic carbocycles. The predicted octanol–water partition coefficient (Wildman–Crippen LogP) is 3.30. The number of pyridine rings is 1. The van der Waals surface area contributed by atoms with Gasteiger partial charge in [-0.3, -0.25) is 9.20 Å². The van der Waals surface area contributed by atoms with Crippen LogP contribution in [-0.4, -0.2) is 47.3 Å². The number of nitrogens with zero attached hydrogens (tertiary/aromatic N) is 3. The zero-order chi connectivity index (χ0) is 20.6. The number of aromatic nitrogens is 2. The highest BCUT2D eigenvalue weighted by molar-refractivity contribution is 5.79. The summed E-state index contributed by atoms with van der Waals surface area (Å²) in [5.74, 6) is 5.94. The lowest BCUT2D eigenvalue weighted by atomic mass is 10.2. The smallest absolute Gasteiger partial charge is 0.158 e. The van der Waals surface area contributed by atoms with Crippen LogP contribution in [0.1, 0.15) is 29.8 Å². The second-order valence-corrected chi connectivity index (χ2v) is 7.03. The lowest BCUT2D eigenvalue weighted by Gasteiger charge is -2.08. The molecular formula is C23H24FN3O2. The molecule has 0 saturated heterocycles. The van der Waals surface area contributed by atoms with Gasteiger partial charge in [0, 0.05) is 18.2 Å². The minimum atomic E-state index is -0.297. The molecular weight excluding hydrogens is 369 g/mol. The van der Waals surface area contributed by atoms with E-state index in [0.29, 0.717) is 23.4 Å². The van der Waals surface area contributed by atoms with E-state index < -0.39 is 0 Å². The van der Waals surface area contributed by atoms with Gasteiger partial charge in [-0.05, 0) is 69.4 Å². The van der Waals surface area contributed by atoms with E-state index >= 15 is 0 Å². The first-order valence-corrected chi connectivity index (χ1v) is 9.50. The van der Waals surface area contributed by atoms with Crippen LogP contribution in [0.4, 0.5) is 4.39 Å². The molecule has 5 nitrogen and oxygen atoms in total. The quantitative estimate of drug-likeness (QED) is 0.551. The fourth-order valence-corrected chi connectivity index (χ4v) is 2.87. The largest absolute Gasteiger partial charge is 0.367 e. The Morgan fingerprint density at radius 2 is 1.97 bits per heavy atom. The Balaban J connectivity index is 1.70. The molecule has 0 aliphatic heterocycles. The summed E-state index contributed by atoms with van der Waals surface area (Å²) in [5.41, 5.74) is 2.84. The first-order chi connectivity index (χ1) is 14.0. The number of imidazole rings is 1. The van der Waals surface area contributed by atoms with Gasteiger partial charge in [-0.2, -0.15) is 0 Å². The first kappa shape index (κ1) is 20.7. The van der Waals surface area contributed by atoms with Crippen LogP contribution in [0.2, 0.25) is 0 Å². The van der Waals surface area contributed by atoms with Gasteiger partial charge in [-0.25, -0.2) is 9.37 Å². The van der Waals surface area contributed by atoms with Gasteiger partial charge in [0.2, 0.25) is 0 Å². The number of hydrogen-bond acceptors (Lipinski definition) is 4. The van der Waals surface area contributed by atoms with E-state index in [0.717, 1.165) is 18.6 Å². The topological polar surface area (TPSA) is 46.8 Å². The molecule has 0 amide bonds. The second-order valence-electron chi connectivity index (χ2n) is 7.03. The summed E-state index contributed by atoms with van der Waals surface area (Å²) in [6, 6.07) is 11.7. The van der Waals surface area contributed by atoms with Crippen LogP contribution in [-0.2, 0) is 16.1 Å². The lowest BCUT2D eigenvalue weighted by Crippen LogP contribution is -2.16. The normalized spacial score (nSPS) is 10.9.